The molecule has 1 N–H and O–H groups in total. The van der Waals surface area contributed by atoms with Crippen molar-refractivity contribution in [2.45, 2.75) is 39.7 Å². The second kappa shape index (κ2) is 3.69. The molecule has 0 spiro atoms. The summed E-state index contributed by atoms with van der Waals surface area (Å²) in [6.45, 7) is 6.09. The number of hydrogen-bond acceptors (Lipinski definition) is 4. The largest absolute Gasteiger partial charge is 0.463 e. The number of esters is 1. The molecule has 3 rings (SSSR count). The fraction of sp³-hybridized carbons (Fsp3) is 0.733. The third-order valence-electron chi connectivity index (χ3n) is 5.80. The van der Waals surface area contributed by atoms with Crippen LogP contribution in [0.1, 0.15) is 33.6 Å². The molecule has 104 valence electrons. The molecule has 1 heterocycles. The summed E-state index contributed by atoms with van der Waals surface area (Å²) in [5.74, 6) is -0.523. The van der Waals surface area contributed by atoms with E-state index in [2.05, 4.69) is 6.08 Å². The Balaban J connectivity index is 2.24. The first kappa shape index (κ1) is 12.9. The fourth-order valence-electron chi connectivity index (χ4n) is 4.25. The number of aliphatic hydroxyl groups is 1. The van der Waals surface area contributed by atoms with Gasteiger partial charge in [0.2, 0.25) is 0 Å². The van der Waals surface area contributed by atoms with Crippen molar-refractivity contribution in [3.05, 3.63) is 11.6 Å². The van der Waals surface area contributed by atoms with Crippen LogP contribution >= 0.6 is 0 Å². The van der Waals surface area contributed by atoms with E-state index in [1.54, 1.807) is 0 Å². The average Bonchev–Trinajstić information content (AvgIpc) is 2.69. The standard InChI is InChI=1S/C15H20O4/c1-8-4-5-11-14(3)7-19-13(18)12(17)15(8,11)6-10(16)9(14)2/h5,8-9,12,17H,4,6-7H2,1-3H3/t8-,9-,12?,14?,15-/m1/s1. The van der Waals surface area contributed by atoms with Gasteiger partial charge in [-0.25, -0.2) is 4.79 Å². The Labute approximate surface area is 112 Å². The number of Topliss-reactive ketones (excluding diaryl/α,β-unsaturated/α-hetero) is 1. The lowest BCUT2D eigenvalue weighted by Gasteiger charge is -2.49. The summed E-state index contributed by atoms with van der Waals surface area (Å²) in [7, 11) is 0. The Morgan fingerprint density at radius 3 is 2.74 bits per heavy atom. The van der Waals surface area contributed by atoms with E-state index in [9.17, 15) is 14.7 Å². The van der Waals surface area contributed by atoms with Crippen molar-refractivity contribution in [2.75, 3.05) is 6.61 Å². The molecule has 0 amide bonds. The highest BCUT2D eigenvalue weighted by atomic mass is 16.5. The Morgan fingerprint density at radius 1 is 1.37 bits per heavy atom. The number of ketones is 1. The van der Waals surface area contributed by atoms with E-state index >= 15 is 0 Å². The fourth-order valence-corrected chi connectivity index (χ4v) is 4.25. The minimum Gasteiger partial charge on any atom is -0.463 e. The van der Waals surface area contributed by atoms with Crippen LogP contribution in [0.25, 0.3) is 0 Å². The van der Waals surface area contributed by atoms with Crippen molar-refractivity contribution in [1.82, 2.24) is 0 Å². The zero-order chi connectivity index (χ0) is 14.0. The van der Waals surface area contributed by atoms with E-state index in [0.29, 0.717) is 0 Å². The minimum absolute atomic E-state index is 0.0962. The minimum atomic E-state index is -1.21. The van der Waals surface area contributed by atoms with Crippen LogP contribution < -0.4 is 0 Å². The smallest absolute Gasteiger partial charge is 0.335 e. The third kappa shape index (κ3) is 1.33. The number of carbonyl (C=O) groups excluding carboxylic acids is 2. The molecule has 2 aliphatic carbocycles. The molecular weight excluding hydrogens is 244 g/mol. The highest BCUT2D eigenvalue weighted by molar-refractivity contribution is 5.89. The lowest BCUT2D eigenvalue weighted by Crippen LogP contribution is -2.53. The zero-order valence-corrected chi connectivity index (χ0v) is 11.6. The lowest BCUT2D eigenvalue weighted by molar-refractivity contribution is -0.159. The average molecular weight is 264 g/mol. The second-order valence-corrected chi connectivity index (χ2v) is 6.59. The van der Waals surface area contributed by atoms with Gasteiger partial charge in [-0.05, 0) is 12.3 Å². The van der Waals surface area contributed by atoms with Crippen LogP contribution in [0.15, 0.2) is 11.6 Å². The molecule has 0 aromatic carbocycles. The van der Waals surface area contributed by atoms with Crippen molar-refractivity contribution >= 4 is 11.8 Å². The van der Waals surface area contributed by atoms with Crippen LogP contribution in [0.2, 0.25) is 0 Å². The van der Waals surface area contributed by atoms with Crippen LogP contribution in [0.5, 0.6) is 0 Å². The highest BCUT2D eigenvalue weighted by Crippen LogP contribution is 2.62. The number of ether oxygens (including phenoxy) is 1. The monoisotopic (exact) mass is 264 g/mol. The summed E-state index contributed by atoms with van der Waals surface area (Å²) >= 11 is 0. The van der Waals surface area contributed by atoms with Crippen molar-refractivity contribution in [2.24, 2.45) is 22.7 Å². The van der Waals surface area contributed by atoms with Gasteiger partial charge >= 0.3 is 5.97 Å². The van der Waals surface area contributed by atoms with Gasteiger partial charge < -0.3 is 9.84 Å². The molecule has 0 radical (unpaired) electrons. The molecule has 0 aromatic rings. The zero-order valence-electron chi connectivity index (χ0n) is 11.6. The number of cyclic esters (lactones) is 1. The number of carbonyl (C=O) groups is 2. The number of rotatable bonds is 0. The van der Waals surface area contributed by atoms with Gasteiger partial charge in [-0.1, -0.05) is 32.4 Å². The molecule has 19 heavy (non-hydrogen) atoms. The Hall–Kier alpha value is -1.16. The van der Waals surface area contributed by atoms with Gasteiger partial charge in [-0.2, -0.15) is 0 Å². The maximum atomic E-state index is 12.4. The van der Waals surface area contributed by atoms with Crippen molar-refractivity contribution in [3.63, 3.8) is 0 Å². The molecular formula is C15H20O4. The predicted octanol–water partition coefficient (Wildman–Crippen LogP) is 1.47. The molecule has 1 saturated heterocycles. The van der Waals surface area contributed by atoms with E-state index in [4.69, 9.17) is 4.74 Å². The van der Waals surface area contributed by atoms with Gasteiger partial charge in [0.05, 0.1) is 0 Å². The molecule has 2 bridgehead atoms. The summed E-state index contributed by atoms with van der Waals surface area (Å²) < 4.78 is 5.25. The molecule has 4 nitrogen and oxygen atoms in total. The first-order valence-electron chi connectivity index (χ1n) is 6.92. The topological polar surface area (TPSA) is 63.6 Å². The summed E-state index contributed by atoms with van der Waals surface area (Å²) in [5.41, 5.74) is -0.128. The maximum absolute atomic E-state index is 12.4. The van der Waals surface area contributed by atoms with E-state index in [1.165, 1.54) is 0 Å². The van der Waals surface area contributed by atoms with Gasteiger partial charge in [0.15, 0.2) is 6.10 Å². The molecule has 3 aliphatic rings. The van der Waals surface area contributed by atoms with Gasteiger partial charge in [0.25, 0.3) is 0 Å². The van der Waals surface area contributed by atoms with Crippen molar-refractivity contribution in [3.8, 4) is 0 Å². The summed E-state index contributed by atoms with van der Waals surface area (Å²) in [5, 5.41) is 10.5. The Kier molecular flexibility index (Phi) is 2.50. The van der Waals surface area contributed by atoms with Crippen LogP contribution in [0.3, 0.4) is 0 Å². The Bertz CT molecular complexity index is 494. The maximum Gasteiger partial charge on any atom is 0.335 e. The molecule has 4 heteroatoms. The molecule has 2 unspecified atom stereocenters. The van der Waals surface area contributed by atoms with Crippen molar-refractivity contribution in [1.29, 1.82) is 0 Å². The number of aliphatic hydroxyl groups excluding tert-OH is 1. The molecule has 2 fully saturated rings. The van der Waals surface area contributed by atoms with E-state index in [-0.39, 0.29) is 30.6 Å². The summed E-state index contributed by atoms with van der Waals surface area (Å²) in [4.78, 5) is 24.4. The number of allylic oxidation sites excluding steroid dienone is 1. The van der Waals surface area contributed by atoms with Crippen molar-refractivity contribution < 1.29 is 19.4 Å². The van der Waals surface area contributed by atoms with Crippen LogP contribution in [-0.2, 0) is 14.3 Å². The van der Waals surface area contributed by atoms with Gasteiger partial charge in [0, 0.05) is 23.2 Å². The Morgan fingerprint density at radius 2 is 2.05 bits per heavy atom. The van der Waals surface area contributed by atoms with Crippen LogP contribution in [0.4, 0.5) is 0 Å². The van der Waals surface area contributed by atoms with Gasteiger partial charge in [-0.3, -0.25) is 4.79 Å². The highest BCUT2D eigenvalue weighted by Gasteiger charge is 2.64. The third-order valence-corrected chi connectivity index (χ3v) is 5.80. The lowest BCUT2D eigenvalue weighted by atomic mass is 9.52. The predicted molar refractivity (Wildman–Crippen MR) is 68.2 cm³/mol. The molecule has 5 atom stereocenters. The van der Waals surface area contributed by atoms with Gasteiger partial charge in [-0.15, -0.1) is 0 Å². The molecule has 1 aliphatic heterocycles. The molecule has 1 saturated carbocycles. The van der Waals surface area contributed by atoms with E-state index in [0.717, 1.165) is 12.0 Å². The van der Waals surface area contributed by atoms with Crippen LogP contribution in [-0.4, -0.2) is 29.6 Å². The second-order valence-electron chi connectivity index (χ2n) is 6.59. The van der Waals surface area contributed by atoms with Crippen LogP contribution in [0, 0.1) is 22.7 Å². The first-order chi connectivity index (χ1) is 8.84. The number of hydrogen-bond donors (Lipinski definition) is 1. The first-order valence-corrected chi connectivity index (χ1v) is 6.92. The van der Waals surface area contributed by atoms with E-state index in [1.807, 2.05) is 20.8 Å². The normalized spacial score (nSPS) is 49.3. The molecule has 0 aromatic heterocycles. The quantitative estimate of drug-likeness (QED) is 0.531. The summed E-state index contributed by atoms with van der Waals surface area (Å²) in [6.07, 6.45) is 1.98. The summed E-state index contributed by atoms with van der Waals surface area (Å²) in [6, 6.07) is 0. The van der Waals surface area contributed by atoms with Gasteiger partial charge in [0.1, 0.15) is 12.4 Å². The van der Waals surface area contributed by atoms with E-state index < -0.39 is 22.9 Å². The SMILES string of the molecule is C[C@@H]1C(=O)C[C@]23C(=CC[C@H]2C)C1(C)COC(=O)C3O.